The Morgan fingerprint density at radius 3 is 3.00 bits per heavy atom. The van der Waals surface area contributed by atoms with Crippen molar-refractivity contribution in [2.75, 3.05) is 0 Å². The predicted molar refractivity (Wildman–Crippen MR) is 72.1 cm³/mol. The maximum absolute atomic E-state index is 5.90. The van der Waals surface area contributed by atoms with E-state index in [9.17, 15) is 0 Å². The van der Waals surface area contributed by atoms with E-state index < -0.39 is 0 Å². The minimum Gasteiger partial charge on any atom is -0.471 e. The molecule has 0 spiro atoms. The van der Waals surface area contributed by atoms with Gasteiger partial charge < -0.3 is 9.30 Å². The van der Waals surface area contributed by atoms with E-state index in [1.165, 1.54) is 6.33 Å². The van der Waals surface area contributed by atoms with Crippen LogP contribution in [0.1, 0.15) is 5.69 Å². The highest BCUT2D eigenvalue weighted by molar-refractivity contribution is 6.30. The second-order valence-electron chi connectivity index (χ2n) is 4.10. The molecule has 0 aliphatic carbocycles. The average Bonchev–Trinajstić information content (AvgIpc) is 2.79. The van der Waals surface area contributed by atoms with Crippen LogP contribution in [-0.4, -0.2) is 19.5 Å². The monoisotopic (exact) mass is 274 g/mol. The van der Waals surface area contributed by atoms with E-state index in [2.05, 4.69) is 15.0 Å². The number of nitrogens with zero attached hydrogens (tertiary/aromatic N) is 4. The first-order valence-corrected chi connectivity index (χ1v) is 6.11. The molecule has 0 saturated heterocycles. The van der Waals surface area contributed by atoms with Crippen molar-refractivity contribution >= 4 is 22.6 Å². The van der Waals surface area contributed by atoms with Crippen LogP contribution in [0.4, 0.5) is 0 Å². The lowest BCUT2D eigenvalue weighted by Gasteiger charge is -2.06. The van der Waals surface area contributed by atoms with Gasteiger partial charge in [0.15, 0.2) is 0 Å². The molecule has 0 aliphatic heterocycles. The number of pyridine rings is 1. The summed E-state index contributed by atoms with van der Waals surface area (Å²) in [5.41, 5.74) is 1.60. The Labute approximate surface area is 114 Å². The van der Waals surface area contributed by atoms with Gasteiger partial charge in [0.25, 0.3) is 0 Å². The van der Waals surface area contributed by atoms with Gasteiger partial charge in [-0.25, -0.2) is 9.97 Å². The Morgan fingerprint density at radius 1 is 1.26 bits per heavy atom. The molecule has 0 unspecified atom stereocenters. The molecule has 3 rings (SSSR count). The summed E-state index contributed by atoms with van der Waals surface area (Å²) in [6, 6.07) is 5.42. The zero-order valence-corrected chi connectivity index (χ0v) is 11.0. The zero-order valence-electron chi connectivity index (χ0n) is 10.2. The van der Waals surface area contributed by atoms with Gasteiger partial charge in [-0.05, 0) is 18.2 Å². The lowest BCUT2D eigenvalue weighted by atomic mass is 10.3. The number of ether oxygens (including phenoxy) is 1. The topological polar surface area (TPSA) is 52.8 Å². The Bertz CT molecular complexity index is 725. The van der Waals surface area contributed by atoms with Crippen LogP contribution in [-0.2, 0) is 13.7 Å². The molecule has 96 valence electrons. The van der Waals surface area contributed by atoms with Crippen LogP contribution in [0, 0.1) is 0 Å². The molecule has 3 aromatic rings. The average molecular weight is 275 g/mol. The van der Waals surface area contributed by atoms with Crippen LogP contribution in [0.15, 0.2) is 36.9 Å². The minimum atomic E-state index is 0.321. The van der Waals surface area contributed by atoms with E-state index in [-0.39, 0.29) is 0 Å². The quantitative estimate of drug-likeness (QED) is 0.737. The summed E-state index contributed by atoms with van der Waals surface area (Å²) in [4.78, 5) is 12.5. The van der Waals surface area contributed by atoms with Crippen molar-refractivity contribution in [3.05, 3.63) is 47.6 Å². The first kappa shape index (κ1) is 11.9. The smallest absolute Gasteiger partial charge is 0.226 e. The van der Waals surface area contributed by atoms with Crippen molar-refractivity contribution < 1.29 is 4.74 Å². The van der Waals surface area contributed by atoms with Gasteiger partial charge in [-0.2, -0.15) is 0 Å². The summed E-state index contributed by atoms with van der Waals surface area (Å²) in [6.07, 6.45) is 5.06. The Hall–Kier alpha value is -2.14. The molecular formula is C13H11ClN4O. The summed E-state index contributed by atoms with van der Waals surface area (Å²) in [7, 11) is 1.93. The summed E-state index contributed by atoms with van der Waals surface area (Å²) < 4.78 is 7.61. The highest BCUT2D eigenvalue weighted by Gasteiger charge is 2.08. The standard InChI is InChI=1S/C13H11ClN4O/c1-18-5-3-11-12(18)16-8-17-13(11)19-7-10-6-9(14)2-4-15-10/h2-6,8H,7H2,1H3. The third-order valence-corrected chi connectivity index (χ3v) is 3.00. The van der Waals surface area contributed by atoms with Crippen molar-refractivity contribution in [2.24, 2.45) is 7.05 Å². The molecule has 0 aliphatic rings. The number of halogens is 1. The fraction of sp³-hybridized carbons (Fsp3) is 0.154. The van der Waals surface area contributed by atoms with Crippen molar-refractivity contribution in [1.82, 2.24) is 19.5 Å². The Morgan fingerprint density at radius 2 is 2.16 bits per heavy atom. The van der Waals surface area contributed by atoms with E-state index in [0.717, 1.165) is 16.7 Å². The van der Waals surface area contributed by atoms with Crippen LogP contribution in [0.2, 0.25) is 5.02 Å². The molecule has 3 heterocycles. The molecule has 0 bridgehead atoms. The summed E-state index contributed by atoms with van der Waals surface area (Å²) in [6.45, 7) is 0.321. The molecule has 6 heteroatoms. The number of rotatable bonds is 3. The second-order valence-corrected chi connectivity index (χ2v) is 4.53. The van der Waals surface area contributed by atoms with E-state index >= 15 is 0 Å². The lowest BCUT2D eigenvalue weighted by Crippen LogP contribution is -2.00. The number of fused-ring (bicyclic) bond motifs is 1. The SMILES string of the molecule is Cn1ccc2c(OCc3cc(Cl)ccn3)ncnc21. The number of hydrogen-bond donors (Lipinski definition) is 0. The van der Waals surface area contributed by atoms with Gasteiger partial charge in [0.1, 0.15) is 18.6 Å². The number of aromatic nitrogens is 4. The van der Waals surface area contributed by atoms with Gasteiger partial charge >= 0.3 is 0 Å². The normalized spacial score (nSPS) is 10.8. The van der Waals surface area contributed by atoms with Gasteiger partial charge in [-0.3, -0.25) is 4.98 Å². The zero-order chi connectivity index (χ0) is 13.2. The van der Waals surface area contributed by atoms with E-state index in [0.29, 0.717) is 17.5 Å². The predicted octanol–water partition coefficient (Wildman–Crippen LogP) is 2.60. The van der Waals surface area contributed by atoms with Crippen LogP contribution in [0.5, 0.6) is 5.88 Å². The summed E-state index contributed by atoms with van der Waals surface area (Å²) in [5.74, 6) is 0.548. The molecule has 0 atom stereocenters. The highest BCUT2D eigenvalue weighted by Crippen LogP contribution is 2.22. The van der Waals surface area contributed by atoms with Crippen LogP contribution in [0.25, 0.3) is 11.0 Å². The molecule has 0 aromatic carbocycles. The largest absolute Gasteiger partial charge is 0.471 e. The van der Waals surface area contributed by atoms with Crippen molar-refractivity contribution in [1.29, 1.82) is 0 Å². The molecule has 19 heavy (non-hydrogen) atoms. The van der Waals surface area contributed by atoms with E-state index in [1.807, 2.05) is 23.9 Å². The molecule has 0 radical (unpaired) electrons. The van der Waals surface area contributed by atoms with Crippen molar-refractivity contribution in [3.8, 4) is 5.88 Å². The number of hydrogen-bond acceptors (Lipinski definition) is 4. The van der Waals surface area contributed by atoms with Gasteiger partial charge in [0, 0.05) is 24.5 Å². The molecular weight excluding hydrogens is 264 g/mol. The Kier molecular flexibility index (Phi) is 3.05. The third kappa shape index (κ3) is 2.37. The van der Waals surface area contributed by atoms with Gasteiger partial charge in [0.2, 0.25) is 5.88 Å². The van der Waals surface area contributed by atoms with Gasteiger partial charge in [0.05, 0.1) is 11.1 Å². The molecule has 0 saturated carbocycles. The van der Waals surface area contributed by atoms with Gasteiger partial charge in [-0.1, -0.05) is 11.6 Å². The summed E-state index contributed by atoms with van der Waals surface area (Å²) >= 11 is 5.90. The van der Waals surface area contributed by atoms with Crippen molar-refractivity contribution in [2.45, 2.75) is 6.61 Å². The van der Waals surface area contributed by atoms with Gasteiger partial charge in [-0.15, -0.1) is 0 Å². The van der Waals surface area contributed by atoms with Crippen LogP contribution < -0.4 is 4.74 Å². The minimum absolute atomic E-state index is 0.321. The Balaban J connectivity index is 1.86. The van der Waals surface area contributed by atoms with E-state index in [4.69, 9.17) is 16.3 Å². The van der Waals surface area contributed by atoms with E-state index in [1.54, 1.807) is 18.3 Å². The maximum Gasteiger partial charge on any atom is 0.226 e. The lowest BCUT2D eigenvalue weighted by molar-refractivity contribution is 0.293. The fourth-order valence-corrected chi connectivity index (χ4v) is 2.02. The first-order chi connectivity index (χ1) is 9.24. The molecule has 0 amide bonds. The summed E-state index contributed by atoms with van der Waals surface area (Å²) in [5, 5.41) is 1.52. The maximum atomic E-state index is 5.90. The first-order valence-electron chi connectivity index (χ1n) is 5.73. The molecule has 5 nitrogen and oxygen atoms in total. The molecule has 3 aromatic heterocycles. The molecule has 0 N–H and O–H groups in total. The number of aryl methyl sites for hydroxylation is 1. The fourth-order valence-electron chi connectivity index (χ4n) is 1.84. The third-order valence-electron chi connectivity index (χ3n) is 2.76. The van der Waals surface area contributed by atoms with Crippen LogP contribution in [0.3, 0.4) is 0 Å². The molecule has 0 fully saturated rings. The highest BCUT2D eigenvalue weighted by atomic mass is 35.5. The van der Waals surface area contributed by atoms with Crippen molar-refractivity contribution in [3.63, 3.8) is 0 Å². The van der Waals surface area contributed by atoms with Crippen LogP contribution >= 0.6 is 11.6 Å². The second kappa shape index (κ2) is 4.85.